The third-order valence-electron chi connectivity index (χ3n) is 3.26. The van der Waals surface area contributed by atoms with Crippen molar-refractivity contribution in [3.63, 3.8) is 0 Å². The molecule has 0 N–H and O–H groups in total. The topological polar surface area (TPSA) is 54.8 Å². The summed E-state index contributed by atoms with van der Waals surface area (Å²) in [5, 5.41) is 0. The second-order valence-electron chi connectivity index (χ2n) is 4.50. The average molecular weight is 241 g/mol. The summed E-state index contributed by atoms with van der Waals surface area (Å²) >= 11 is 0. The monoisotopic (exact) mass is 241 g/mol. The van der Waals surface area contributed by atoms with E-state index in [0.717, 1.165) is 36.6 Å². The molecule has 5 nitrogen and oxygen atoms in total. The molecule has 0 aromatic carbocycles. The van der Waals surface area contributed by atoms with Crippen molar-refractivity contribution in [1.82, 2.24) is 19.9 Å². The van der Waals surface area contributed by atoms with Gasteiger partial charge >= 0.3 is 0 Å². The molecule has 1 aliphatic rings. The van der Waals surface area contributed by atoms with Crippen LogP contribution in [0.4, 0.5) is 5.82 Å². The molecule has 1 saturated heterocycles. The fourth-order valence-corrected chi connectivity index (χ4v) is 2.43. The smallest absolute Gasteiger partial charge is 0.132 e. The summed E-state index contributed by atoms with van der Waals surface area (Å²) in [4.78, 5) is 19.4. The maximum absolute atomic E-state index is 4.41. The molecule has 92 valence electrons. The normalized spacial score (nSPS) is 19.2. The molecule has 1 aliphatic heterocycles. The van der Waals surface area contributed by atoms with Gasteiger partial charge in [0.1, 0.15) is 12.1 Å². The van der Waals surface area contributed by atoms with Crippen molar-refractivity contribution in [2.75, 3.05) is 11.4 Å². The van der Waals surface area contributed by atoms with Gasteiger partial charge < -0.3 is 4.90 Å². The molecule has 0 unspecified atom stereocenters. The lowest BCUT2D eigenvalue weighted by Crippen LogP contribution is -2.24. The van der Waals surface area contributed by atoms with Gasteiger partial charge in [-0.1, -0.05) is 0 Å². The minimum Gasteiger partial charge on any atom is -0.348 e. The predicted molar refractivity (Wildman–Crippen MR) is 68.1 cm³/mol. The van der Waals surface area contributed by atoms with Crippen molar-refractivity contribution in [1.29, 1.82) is 0 Å². The van der Waals surface area contributed by atoms with Gasteiger partial charge in [-0.15, -0.1) is 0 Å². The zero-order valence-electron chi connectivity index (χ0n) is 10.3. The number of rotatable bonds is 2. The summed E-state index contributed by atoms with van der Waals surface area (Å²) in [6.07, 6.45) is 9.18. The van der Waals surface area contributed by atoms with Crippen LogP contribution in [0.15, 0.2) is 31.0 Å². The molecule has 18 heavy (non-hydrogen) atoms. The summed E-state index contributed by atoms with van der Waals surface area (Å²) in [6.45, 7) is 3.00. The van der Waals surface area contributed by atoms with Gasteiger partial charge in [-0.3, -0.25) is 9.97 Å². The molecule has 3 rings (SSSR count). The number of aryl methyl sites for hydroxylation is 1. The summed E-state index contributed by atoms with van der Waals surface area (Å²) in [5.74, 6) is 0.982. The van der Waals surface area contributed by atoms with Gasteiger partial charge in [0.2, 0.25) is 0 Å². The van der Waals surface area contributed by atoms with Gasteiger partial charge in [-0.05, 0) is 19.8 Å². The second-order valence-corrected chi connectivity index (χ2v) is 4.50. The highest BCUT2D eigenvalue weighted by Gasteiger charge is 2.28. The summed E-state index contributed by atoms with van der Waals surface area (Å²) in [6, 6.07) is 2.31. The lowest BCUT2D eigenvalue weighted by atomic mass is 10.1. The zero-order valence-corrected chi connectivity index (χ0v) is 10.3. The van der Waals surface area contributed by atoms with E-state index >= 15 is 0 Å². The van der Waals surface area contributed by atoms with Crippen molar-refractivity contribution in [3.8, 4) is 0 Å². The van der Waals surface area contributed by atoms with Crippen LogP contribution in [0.5, 0.6) is 0 Å². The van der Waals surface area contributed by atoms with E-state index in [0.29, 0.717) is 0 Å². The fraction of sp³-hybridized carbons (Fsp3) is 0.385. The van der Waals surface area contributed by atoms with Crippen LogP contribution in [0.3, 0.4) is 0 Å². The molecule has 3 heterocycles. The van der Waals surface area contributed by atoms with Crippen LogP contribution >= 0.6 is 0 Å². The molecule has 0 radical (unpaired) electrons. The first-order valence-electron chi connectivity index (χ1n) is 6.16. The van der Waals surface area contributed by atoms with Gasteiger partial charge in [0.25, 0.3) is 0 Å². The largest absolute Gasteiger partial charge is 0.348 e. The van der Waals surface area contributed by atoms with Crippen LogP contribution in [0.25, 0.3) is 0 Å². The molecule has 2 aromatic heterocycles. The molecule has 0 spiro atoms. The van der Waals surface area contributed by atoms with Crippen LogP contribution in [-0.2, 0) is 0 Å². The molecule has 0 amide bonds. The second kappa shape index (κ2) is 4.68. The number of nitrogens with zero attached hydrogens (tertiary/aromatic N) is 5. The molecule has 0 saturated carbocycles. The summed E-state index contributed by atoms with van der Waals surface area (Å²) in [5.41, 5.74) is 2.01. The average Bonchev–Trinajstić information content (AvgIpc) is 2.89. The lowest BCUT2D eigenvalue weighted by molar-refractivity contribution is 0.681. The molecule has 1 atom stereocenters. The van der Waals surface area contributed by atoms with Crippen molar-refractivity contribution in [2.24, 2.45) is 0 Å². The van der Waals surface area contributed by atoms with Crippen molar-refractivity contribution in [2.45, 2.75) is 25.8 Å². The SMILES string of the molecule is Cc1cc(N2CCC[C@H]2c2cnccn2)ncn1. The first-order valence-corrected chi connectivity index (χ1v) is 6.16. The number of anilines is 1. The zero-order chi connectivity index (χ0) is 12.4. The Morgan fingerprint density at radius 3 is 2.94 bits per heavy atom. The van der Waals surface area contributed by atoms with Gasteiger partial charge in [0, 0.05) is 30.7 Å². The van der Waals surface area contributed by atoms with E-state index < -0.39 is 0 Å². The molecular weight excluding hydrogens is 226 g/mol. The predicted octanol–water partition coefficient (Wildman–Crippen LogP) is 1.92. The Bertz CT molecular complexity index is 528. The van der Waals surface area contributed by atoms with Crippen molar-refractivity contribution in [3.05, 3.63) is 42.4 Å². The van der Waals surface area contributed by atoms with E-state index in [1.54, 1.807) is 18.7 Å². The van der Waals surface area contributed by atoms with Gasteiger partial charge in [-0.25, -0.2) is 9.97 Å². The van der Waals surface area contributed by atoms with Crippen LogP contribution < -0.4 is 4.90 Å². The fourth-order valence-electron chi connectivity index (χ4n) is 2.43. The highest BCUT2D eigenvalue weighted by molar-refractivity contribution is 5.42. The molecule has 1 fully saturated rings. The third kappa shape index (κ3) is 2.03. The van der Waals surface area contributed by atoms with E-state index in [1.807, 2.05) is 19.2 Å². The van der Waals surface area contributed by atoms with Crippen molar-refractivity contribution >= 4 is 5.82 Å². The highest BCUT2D eigenvalue weighted by atomic mass is 15.2. The molecule has 0 bridgehead atoms. The van der Waals surface area contributed by atoms with E-state index in [-0.39, 0.29) is 6.04 Å². The van der Waals surface area contributed by atoms with Crippen LogP contribution in [-0.4, -0.2) is 26.5 Å². The van der Waals surface area contributed by atoms with E-state index in [1.165, 1.54) is 0 Å². The molecule has 2 aromatic rings. The standard InChI is InChI=1S/C13H15N5/c1-10-7-13(17-9-16-10)18-6-2-3-12(18)11-8-14-4-5-15-11/h4-5,7-9,12H,2-3,6H2,1H3/t12-/m0/s1. The van der Waals surface area contributed by atoms with Crippen LogP contribution in [0, 0.1) is 6.92 Å². The Balaban J connectivity index is 1.92. The third-order valence-corrected chi connectivity index (χ3v) is 3.26. The Labute approximate surface area is 106 Å². The molecule has 0 aliphatic carbocycles. The summed E-state index contributed by atoms with van der Waals surface area (Å²) < 4.78 is 0. The van der Waals surface area contributed by atoms with Crippen LogP contribution in [0.2, 0.25) is 0 Å². The highest BCUT2D eigenvalue weighted by Crippen LogP contribution is 2.33. The van der Waals surface area contributed by atoms with E-state index in [9.17, 15) is 0 Å². The Morgan fingerprint density at radius 1 is 1.22 bits per heavy atom. The maximum Gasteiger partial charge on any atom is 0.132 e. The minimum absolute atomic E-state index is 0.285. The lowest BCUT2D eigenvalue weighted by Gasteiger charge is -2.24. The molecule has 5 heteroatoms. The summed E-state index contributed by atoms with van der Waals surface area (Å²) in [7, 11) is 0. The first kappa shape index (κ1) is 11.1. The number of hydrogen-bond donors (Lipinski definition) is 0. The Hall–Kier alpha value is -2.04. The molecular formula is C13H15N5. The van der Waals surface area contributed by atoms with E-state index in [4.69, 9.17) is 0 Å². The quantitative estimate of drug-likeness (QED) is 0.804. The number of aromatic nitrogens is 4. The Kier molecular flexibility index (Phi) is 2.88. The minimum atomic E-state index is 0.285. The van der Waals surface area contributed by atoms with Gasteiger partial charge in [0.15, 0.2) is 0 Å². The van der Waals surface area contributed by atoms with Gasteiger partial charge in [0.05, 0.1) is 17.9 Å². The van der Waals surface area contributed by atoms with Gasteiger partial charge in [-0.2, -0.15) is 0 Å². The van der Waals surface area contributed by atoms with E-state index in [2.05, 4.69) is 24.8 Å². The number of hydrogen-bond acceptors (Lipinski definition) is 5. The van der Waals surface area contributed by atoms with Crippen LogP contribution in [0.1, 0.15) is 30.3 Å². The van der Waals surface area contributed by atoms with Crippen molar-refractivity contribution < 1.29 is 0 Å². The Morgan fingerprint density at radius 2 is 2.17 bits per heavy atom. The first-order chi connectivity index (χ1) is 8.84. The maximum atomic E-state index is 4.41.